The van der Waals surface area contributed by atoms with Crippen LogP contribution in [0.5, 0.6) is 0 Å². The molecule has 0 aromatic heterocycles. The predicted octanol–water partition coefficient (Wildman–Crippen LogP) is 1.82. The standard InChI is InChI=1S/C12H16F2N2O/c1-2-9(5-6-15)16-12(17)8-3-4-10(13)11(14)7-8/h3-4,7,9H,2,5-6,15H2,1H3,(H,16,17). The predicted molar refractivity (Wildman–Crippen MR) is 61.6 cm³/mol. The molecule has 3 nitrogen and oxygen atoms in total. The Labute approximate surface area is 99.0 Å². The molecule has 0 spiro atoms. The molecule has 0 radical (unpaired) electrons. The molecule has 3 N–H and O–H groups in total. The topological polar surface area (TPSA) is 55.1 Å². The van der Waals surface area contributed by atoms with Gasteiger partial charge < -0.3 is 11.1 Å². The van der Waals surface area contributed by atoms with Gasteiger partial charge in [0, 0.05) is 11.6 Å². The van der Waals surface area contributed by atoms with Crippen LogP contribution in [-0.4, -0.2) is 18.5 Å². The number of halogens is 2. The van der Waals surface area contributed by atoms with Gasteiger partial charge in [-0.3, -0.25) is 4.79 Å². The summed E-state index contributed by atoms with van der Waals surface area (Å²) in [6.45, 7) is 2.39. The van der Waals surface area contributed by atoms with Crippen LogP contribution < -0.4 is 11.1 Å². The Morgan fingerprint density at radius 3 is 2.65 bits per heavy atom. The lowest BCUT2D eigenvalue weighted by Gasteiger charge is -2.15. The molecule has 1 aromatic rings. The van der Waals surface area contributed by atoms with Gasteiger partial charge >= 0.3 is 0 Å². The molecule has 0 heterocycles. The minimum absolute atomic E-state index is 0.0411. The Hall–Kier alpha value is -1.49. The molecule has 0 aliphatic carbocycles. The maximum absolute atomic E-state index is 12.9. The van der Waals surface area contributed by atoms with Gasteiger partial charge in [0.25, 0.3) is 5.91 Å². The van der Waals surface area contributed by atoms with E-state index in [0.717, 1.165) is 18.6 Å². The van der Waals surface area contributed by atoms with Crippen molar-refractivity contribution in [2.45, 2.75) is 25.8 Å². The zero-order valence-corrected chi connectivity index (χ0v) is 9.67. The lowest BCUT2D eigenvalue weighted by atomic mass is 10.1. The first kappa shape index (κ1) is 13.6. The molecule has 5 heteroatoms. The van der Waals surface area contributed by atoms with E-state index in [9.17, 15) is 13.6 Å². The van der Waals surface area contributed by atoms with Gasteiger partial charge in [-0.1, -0.05) is 6.92 Å². The first-order chi connectivity index (χ1) is 8.08. The normalized spacial score (nSPS) is 12.2. The molecule has 1 amide bonds. The van der Waals surface area contributed by atoms with Crippen LogP contribution in [-0.2, 0) is 0 Å². The van der Waals surface area contributed by atoms with Gasteiger partial charge in [0.15, 0.2) is 11.6 Å². The van der Waals surface area contributed by atoms with Gasteiger partial charge in [-0.05, 0) is 37.6 Å². The maximum Gasteiger partial charge on any atom is 0.251 e. The third-order valence-corrected chi connectivity index (χ3v) is 2.52. The van der Waals surface area contributed by atoms with Crippen LogP contribution in [0.4, 0.5) is 8.78 Å². The summed E-state index contributed by atoms with van der Waals surface area (Å²) in [6, 6.07) is 3.04. The highest BCUT2D eigenvalue weighted by Crippen LogP contribution is 2.09. The Morgan fingerprint density at radius 2 is 2.12 bits per heavy atom. The van der Waals surface area contributed by atoms with Crippen LogP contribution >= 0.6 is 0 Å². The molecule has 0 aliphatic heterocycles. The van der Waals surface area contributed by atoms with Crippen LogP contribution in [0.3, 0.4) is 0 Å². The summed E-state index contributed by atoms with van der Waals surface area (Å²) in [5.41, 5.74) is 5.51. The molecule has 1 unspecified atom stereocenters. The largest absolute Gasteiger partial charge is 0.349 e. The first-order valence-electron chi connectivity index (χ1n) is 5.54. The molecule has 0 saturated heterocycles. The Balaban J connectivity index is 2.72. The van der Waals surface area contributed by atoms with Crippen molar-refractivity contribution in [1.82, 2.24) is 5.32 Å². The molecule has 1 rings (SSSR count). The number of carbonyl (C=O) groups excluding carboxylic acids is 1. The van der Waals surface area contributed by atoms with Crippen LogP contribution in [0.25, 0.3) is 0 Å². The fourth-order valence-corrected chi connectivity index (χ4v) is 1.49. The lowest BCUT2D eigenvalue weighted by molar-refractivity contribution is 0.0934. The summed E-state index contributed by atoms with van der Waals surface area (Å²) < 4.78 is 25.6. The summed E-state index contributed by atoms with van der Waals surface area (Å²) in [5.74, 6) is -2.40. The summed E-state index contributed by atoms with van der Waals surface area (Å²) in [5, 5.41) is 2.72. The fourth-order valence-electron chi connectivity index (χ4n) is 1.49. The lowest BCUT2D eigenvalue weighted by Crippen LogP contribution is -2.35. The van der Waals surface area contributed by atoms with E-state index in [4.69, 9.17) is 5.73 Å². The van der Waals surface area contributed by atoms with Gasteiger partial charge in [-0.25, -0.2) is 8.78 Å². The van der Waals surface area contributed by atoms with Crippen molar-refractivity contribution in [3.63, 3.8) is 0 Å². The van der Waals surface area contributed by atoms with E-state index in [1.54, 1.807) is 0 Å². The number of rotatable bonds is 5. The molecule has 1 atom stereocenters. The van der Waals surface area contributed by atoms with Crippen LogP contribution in [0.15, 0.2) is 18.2 Å². The van der Waals surface area contributed by atoms with Crippen molar-refractivity contribution in [3.8, 4) is 0 Å². The molecule has 17 heavy (non-hydrogen) atoms. The zero-order chi connectivity index (χ0) is 12.8. The van der Waals surface area contributed by atoms with E-state index in [-0.39, 0.29) is 11.6 Å². The number of benzene rings is 1. The van der Waals surface area contributed by atoms with Gasteiger partial charge in [0.05, 0.1) is 0 Å². The SMILES string of the molecule is CCC(CCN)NC(=O)c1ccc(F)c(F)c1. The second-order valence-electron chi connectivity index (χ2n) is 3.78. The number of carbonyl (C=O) groups is 1. The van der Waals surface area contributed by atoms with Crippen molar-refractivity contribution >= 4 is 5.91 Å². The number of hydrogen-bond acceptors (Lipinski definition) is 2. The van der Waals surface area contributed by atoms with E-state index >= 15 is 0 Å². The molecular weight excluding hydrogens is 226 g/mol. The molecule has 1 aromatic carbocycles. The summed E-state index contributed by atoms with van der Waals surface area (Å²) >= 11 is 0. The number of amides is 1. The number of nitrogens with two attached hydrogens (primary N) is 1. The summed E-state index contributed by atoms with van der Waals surface area (Å²) in [4.78, 5) is 11.7. The maximum atomic E-state index is 12.9. The van der Waals surface area contributed by atoms with Gasteiger partial charge in [0.2, 0.25) is 0 Å². The van der Waals surface area contributed by atoms with Crippen LogP contribution in [0.1, 0.15) is 30.1 Å². The second kappa shape index (κ2) is 6.30. The minimum Gasteiger partial charge on any atom is -0.349 e. The number of nitrogens with one attached hydrogen (secondary N) is 1. The van der Waals surface area contributed by atoms with Crippen molar-refractivity contribution in [2.24, 2.45) is 5.73 Å². The van der Waals surface area contributed by atoms with E-state index < -0.39 is 17.5 Å². The molecule has 94 valence electrons. The molecule has 0 fully saturated rings. The van der Waals surface area contributed by atoms with Crippen molar-refractivity contribution in [2.75, 3.05) is 6.54 Å². The zero-order valence-electron chi connectivity index (χ0n) is 9.67. The van der Waals surface area contributed by atoms with Gasteiger partial charge in [-0.15, -0.1) is 0 Å². The van der Waals surface area contributed by atoms with E-state index in [1.807, 2.05) is 6.92 Å². The highest BCUT2D eigenvalue weighted by molar-refractivity contribution is 5.94. The van der Waals surface area contributed by atoms with Gasteiger partial charge in [-0.2, -0.15) is 0 Å². The summed E-state index contributed by atoms with van der Waals surface area (Å²) in [7, 11) is 0. The van der Waals surface area contributed by atoms with Crippen LogP contribution in [0, 0.1) is 11.6 Å². The molecule has 0 saturated carbocycles. The average Bonchev–Trinajstić information content (AvgIpc) is 2.31. The minimum atomic E-state index is -1.02. The van der Waals surface area contributed by atoms with Crippen LogP contribution in [0.2, 0.25) is 0 Å². The molecule has 0 aliphatic rings. The fraction of sp³-hybridized carbons (Fsp3) is 0.417. The molecule has 0 bridgehead atoms. The third kappa shape index (κ3) is 3.78. The Kier molecular flexibility index (Phi) is 5.03. The second-order valence-corrected chi connectivity index (χ2v) is 3.78. The third-order valence-electron chi connectivity index (χ3n) is 2.52. The number of hydrogen-bond donors (Lipinski definition) is 2. The van der Waals surface area contributed by atoms with Gasteiger partial charge in [0.1, 0.15) is 0 Å². The first-order valence-corrected chi connectivity index (χ1v) is 5.54. The highest BCUT2D eigenvalue weighted by Gasteiger charge is 2.13. The molecular formula is C12H16F2N2O. The average molecular weight is 242 g/mol. The quantitative estimate of drug-likeness (QED) is 0.827. The Bertz CT molecular complexity index is 396. The monoisotopic (exact) mass is 242 g/mol. The van der Waals surface area contributed by atoms with Crippen molar-refractivity contribution in [3.05, 3.63) is 35.4 Å². The van der Waals surface area contributed by atoms with E-state index in [1.165, 1.54) is 6.07 Å². The van der Waals surface area contributed by atoms with Crippen molar-refractivity contribution in [1.29, 1.82) is 0 Å². The Morgan fingerprint density at radius 1 is 1.41 bits per heavy atom. The van der Waals surface area contributed by atoms with E-state index in [0.29, 0.717) is 13.0 Å². The highest BCUT2D eigenvalue weighted by atomic mass is 19.2. The smallest absolute Gasteiger partial charge is 0.251 e. The summed E-state index contributed by atoms with van der Waals surface area (Å²) in [6.07, 6.45) is 1.40. The van der Waals surface area contributed by atoms with Crippen molar-refractivity contribution < 1.29 is 13.6 Å². The van der Waals surface area contributed by atoms with E-state index in [2.05, 4.69) is 5.32 Å².